The van der Waals surface area contributed by atoms with Crippen LogP contribution in [0.5, 0.6) is 11.5 Å². The maximum atomic E-state index is 13.9. The van der Waals surface area contributed by atoms with Crippen LogP contribution in [0.25, 0.3) is 0 Å². The van der Waals surface area contributed by atoms with Gasteiger partial charge in [-0.05, 0) is 62.7 Å². The van der Waals surface area contributed by atoms with E-state index in [2.05, 4.69) is 5.32 Å². The molecule has 0 fully saturated rings. The Bertz CT molecular complexity index is 1430. The van der Waals surface area contributed by atoms with E-state index in [0.29, 0.717) is 17.9 Å². The third-order valence-electron chi connectivity index (χ3n) is 6.33. The van der Waals surface area contributed by atoms with Crippen molar-refractivity contribution in [2.75, 3.05) is 31.6 Å². The van der Waals surface area contributed by atoms with Crippen LogP contribution in [0.2, 0.25) is 0 Å². The number of nitrogens with zero attached hydrogens (tertiary/aromatic N) is 2. The highest BCUT2D eigenvalue weighted by Crippen LogP contribution is 2.34. The molecule has 0 aliphatic carbocycles. The second kappa shape index (κ2) is 13.3. The summed E-state index contributed by atoms with van der Waals surface area (Å²) in [7, 11) is -1.36. The molecule has 0 aliphatic heterocycles. The molecule has 0 saturated heterocycles. The summed E-state index contributed by atoms with van der Waals surface area (Å²) in [5, 5.41) is 2.69. The summed E-state index contributed by atoms with van der Waals surface area (Å²) >= 11 is 0. The van der Waals surface area contributed by atoms with Crippen LogP contribution in [-0.4, -0.2) is 58.5 Å². The van der Waals surface area contributed by atoms with Gasteiger partial charge in [0.2, 0.25) is 11.8 Å². The van der Waals surface area contributed by atoms with Crippen molar-refractivity contribution in [2.24, 2.45) is 0 Å². The number of carbonyl (C=O) groups is 2. The monoisotopic (exact) mass is 571 g/mol. The number of ether oxygens (including phenoxy) is 2. The van der Waals surface area contributed by atoms with Gasteiger partial charge in [-0.15, -0.1) is 0 Å². The van der Waals surface area contributed by atoms with Crippen LogP contribution in [-0.2, 0) is 26.2 Å². The summed E-state index contributed by atoms with van der Waals surface area (Å²) in [5.74, 6) is -0.823. The molecule has 0 saturated carbocycles. The molecule has 0 bridgehead atoms. The average Bonchev–Trinajstić information content (AvgIpc) is 2.95. The number of aryl methyl sites for hydroxylation is 1. The third kappa shape index (κ3) is 7.09. The van der Waals surface area contributed by atoms with E-state index >= 15 is 0 Å². The molecule has 11 heteroatoms. The predicted molar refractivity (Wildman–Crippen MR) is 150 cm³/mol. The molecule has 3 aromatic carbocycles. The quantitative estimate of drug-likeness (QED) is 0.354. The molecule has 2 amide bonds. The van der Waals surface area contributed by atoms with E-state index in [4.69, 9.17) is 9.47 Å². The van der Waals surface area contributed by atoms with Gasteiger partial charge < -0.3 is 19.7 Å². The predicted octanol–water partition coefficient (Wildman–Crippen LogP) is 3.90. The first-order chi connectivity index (χ1) is 19.0. The molecule has 1 atom stereocenters. The molecule has 0 aliphatic rings. The lowest BCUT2D eigenvalue weighted by atomic mass is 10.1. The van der Waals surface area contributed by atoms with Crippen LogP contribution in [0.4, 0.5) is 10.1 Å². The van der Waals surface area contributed by atoms with Gasteiger partial charge in [-0.1, -0.05) is 29.8 Å². The van der Waals surface area contributed by atoms with Gasteiger partial charge in [0.1, 0.15) is 18.4 Å². The van der Waals surface area contributed by atoms with E-state index in [-0.39, 0.29) is 22.9 Å². The lowest BCUT2D eigenvalue weighted by Gasteiger charge is -2.32. The molecule has 40 heavy (non-hydrogen) atoms. The van der Waals surface area contributed by atoms with Gasteiger partial charge >= 0.3 is 0 Å². The van der Waals surface area contributed by atoms with Gasteiger partial charge in [-0.2, -0.15) is 0 Å². The molecule has 3 rings (SSSR count). The summed E-state index contributed by atoms with van der Waals surface area (Å²) in [6, 6.07) is 15.4. The molecule has 0 aromatic heterocycles. The Morgan fingerprint density at radius 2 is 1.57 bits per heavy atom. The highest BCUT2D eigenvalue weighted by atomic mass is 32.2. The van der Waals surface area contributed by atoms with E-state index in [1.165, 1.54) is 67.7 Å². The number of hydrogen-bond donors (Lipinski definition) is 1. The molecule has 0 heterocycles. The third-order valence-corrected chi connectivity index (χ3v) is 8.12. The Morgan fingerprint density at radius 1 is 0.950 bits per heavy atom. The van der Waals surface area contributed by atoms with Crippen LogP contribution in [0.15, 0.2) is 71.6 Å². The second-order valence-corrected chi connectivity index (χ2v) is 10.9. The number of benzene rings is 3. The summed E-state index contributed by atoms with van der Waals surface area (Å²) in [6.07, 6.45) is 0. The van der Waals surface area contributed by atoms with Crippen LogP contribution in [0, 0.1) is 12.7 Å². The summed E-state index contributed by atoms with van der Waals surface area (Å²) in [4.78, 5) is 27.9. The largest absolute Gasteiger partial charge is 0.493 e. The van der Waals surface area contributed by atoms with Gasteiger partial charge in [0.05, 0.1) is 24.8 Å². The second-order valence-electron chi connectivity index (χ2n) is 9.08. The molecule has 0 spiro atoms. The molecule has 214 valence electrons. The summed E-state index contributed by atoms with van der Waals surface area (Å²) in [5.41, 5.74) is 1.61. The molecular formula is C29H34FN3O6S. The summed E-state index contributed by atoms with van der Waals surface area (Å²) in [6.45, 7) is 4.84. The maximum absolute atomic E-state index is 13.9. The Hall–Kier alpha value is -4.12. The Labute approximate surface area is 234 Å². The lowest BCUT2D eigenvalue weighted by Crippen LogP contribution is -2.51. The molecular weight excluding hydrogens is 537 g/mol. The molecule has 0 unspecified atom stereocenters. The smallest absolute Gasteiger partial charge is 0.264 e. The van der Waals surface area contributed by atoms with Gasteiger partial charge in [0.25, 0.3) is 10.0 Å². The van der Waals surface area contributed by atoms with Crippen molar-refractivity contribution in [2.45, 2.75) is 38.3 Å². The zero-order chi connectivity index (χ0) is 29.4. The van der Waals surface area contributed by atoms with Crippen LogP contribution in [0.1, 0.15) is 25.0 Å². The Kier molecular flexibility index (Phi) is 10.1. The number of likely N-dealkylation sites (N-methyl/N-ethyl adjacent to an activating group) is 1. The number of anilines is 1. The first-order valence-electron chi connectivity index (χ1n) is 12.6. The van der Waals surface area contributed by atoms with E-state index in [0.717, 1.165) is 9.87 Å². The highest BCUT2D eigenvalue weighted by molar-refractivity contribution is 7.92. The normalized spacial score (nSPS) is 11.8. The van der Waals surface area contributed by atoms with Crippen molar-refractivity contribution in [3.05, 3.63) is 83.7 Å². The standard InChI is InChI=1S/C29H34FN3O6S/c1-6-31-29(35)21(3)32(18-22-9-11-23(30)12-10-22)28(34)19-33(24-13-16-26(38-4)27(17-24)39-5)40(36,37)25-14-7-20(2)8-15-25/h7-17,21H,6,18-19H2,1-5H3,(H,31,35)/t21-/m0/s1. The number of nitrogens with one attached hydrogen (secondary N) is 1. The summed E-state index contributed by atoms with van der Waals surface area (Å²) < 4.78 is 53.0. The van der Waals surface area contributed by atoms with Crippen molar-refractivity contribution < 1.29 is 31.9 Å². The minimum absolute atomic E-state index is 0.0115. The van der Waals surface area contributed by atoms with Crippen LogP contribution >= 0.6 is 0 Å². The van der Waals surface area contributed by atoms with Gasteiger partial charge in [-0.3, -0.25) is 13.9 Å². The SMILES string of the molecule is CCNC(=O)[C@H](C)N(Cc1ccc(F)cc1)C(=O)CN(c1ccc(OC)c(OC)c1)S(=O)(=O)c1ccc(C)cc1. The lowest BCUT2D eigenvalue weighted by molar-refractivity contribution is -0.139. The van der Waals surface area contributed by atoms with Crippen molar-refractivity contribution in [3.8, 4) is 11.5 Å². The van der Waals surface area contributed by atoms with Crippen molar-refractivity contribution in [3.63, 3.8) is 0 Å². The fourth-order valence-corrected chi connectivity index (χ4v) is 5.44. The minimum atomic E-state index is -4.24. The number of methoxy groups -OCH3 is 2. The number of rotatable bonds is 12. The number of hydrogen-bond acceptors (Lipinski definition) is 6. The fourth-order valence-electron chi connectivity index (χ4n) is 4.04. The number of halogens is 1. The Balaban J connectivity index is 2.08. The van der Waals surface area contributed by atoms with Gasteiger partial charge in [-0.25, -0.2) is 12.8 Å². The zero-order valence-corrected chi connectivity index (χ0v) is 24.0. The number of amides is 2. The van der Waals surface area contributed by atoms with Crippen LogP contribution < -0.4 is 19.1 Å². The number of sulfonamides is 1. The van der Waals surface area contributed by atoms with E-state index < -0.39 is 40.2 Å². The number of carbonyl (C=O) groups excluding carboxylic acids is 2. The van der Waals surface area contributed by atoms with Gasteiger partial charge in [0, 0.05) is 19.2 Å². The van der Waals surface area contributed by atoms with E-state index in [9.17, 15) is 22.4 Å². The zero-order valence-electron chi connectivity index (χ0n) is 23.2. The minimum Gasteiger partial charge on any atom is -0.493 e. The maximum Gasteiger partial charge on any atom is 0.264 e. The van der Waals surface area contributed by atoms with E-state index in [1.807, 2.05) is 6.92 Å². The highest BCUT2D eigenvalue weighted by Gasteiger charge is 2.33. The van der Waals surface area contributed by atoms with Crippen molar-refractivity contribution in [1.82, 2.24) is 10.2 Å². The topological polar surface area (TPSA) is 105 Å². The molecule has 0 radical (unpaired) electrons. The van der Waals surface area contributed by atoms with Gasteiger partial charge in [0.15, 0.2) is 11.5 Å². The van der Waals surface area contributed by atoms with Crippen molar-refractivity contribution in [1.29, 1.82) is 0 Å². The molecule has 9 nitrogen and oxygen atoms in total. The van der Waals surface area contributed by atoms with Crippen LogP contribution in [0.3, 0.4) is 0 Å². The average molecular weight is 572 g/mol. The van der Waals surface area contributed by atoms with Crippen molar-refractivity contribution >= 4 is 27.5 Å². The molecule has 3 aromatic rings. The first kappa shape index (κ1) is 30.4. The molecule has 1 N–H and O–H groups in total. The Morgan fingerprint density at radius 3 is 2.15 bits per heavy atom. The fraction of sp³-hybridized carbons (Fsp3) is 0.310. The van der Waals surface area contributed by atoms with E-state index in [1.54, 1.807) is 32.0 Å². The first-order valence-corrected chi connectivity index (χ1v) is 14.1.